The fourth-order valence-electron chi connectivity index (χ4n) is 3.32. The van der Waals surface area contributed by atoms with Crippen molar-refractivity contribution >= 4 is 0 Å². The van der Waals surface area contributed by atoms with E-state index in [2.05, 4.69) is 34.5 Å². The highest BCUT2D eigenvalue weighted by molar-refractivity contribution is 5.55. The van der Waals surface area contributed by atoms with E-state index in [1.165, 1.54) is 0 Å². The van der Waals surface area contributed by atoms with Crippen molar-refractivity contribution in [2.24, 2.45) is 0 Å². The van der Waals surface area contributed by atoms with Crippen molar-refractivity contribution in [1.82, 2.24) is 15.5 Å². The van der Waals surface area contributed by atoms with Crippen LogP contribution in [0, 0.1) is 0 Å². The Hall–Kier alpha value is -2.66. The van der Waals surface area contributed by atoms with E-state index in [9.17, 15) is 0 Å². The number of piperidine rings is 1. The van der Waals surface area contributed by atoms with Crippen molar-refractivity contribution in [1.29, 1.82) is 0 Å². The molecule has 2 heterocycles. The molecule has 0 amide bonds. The van der Waals surface area contributed by atoms with Gasteiger partial charge in [-0.05, 0) is 56.1 Å². The lowest BCUT2D eigenvalue weighted by Crippen LogP contribution is -2.34. The zero-order valence-electron chi connectivity index (χ0n) is 14.9. The van der Waals surface area contributed by atoms with E-state index in [4.69, 9.17) is 9.26 Å². The maximum Gasteiger partial charge on any atom is 0.230 e. The van der Waals surface area contributed by atoms with Gasteiger partial charge in [-0.15, -0.1) is 0 Å². The molecule has 0 aliphatic carbocycles. The molecule has 3 aromatic rings. The Kier molecular flexibility index (Phi) is 4.97. The fourth-order valence-corrected chi connectivity index (χ4v) is 3.32. The SMILES string of the molecule is C[C@H]1C[C@@H](c2nc(-c3ccc(OCc4ccccc4)cc3)no2)CCN1. The molecule has 0 spiro atoms. The Morgan fingerprint density at radius 1 is 1.12 bits per heavy atom. The Bertz CT molecular complexity index is 830. The monoisotopic (exact) mass is 349 g/mol. The van der Waals surface area contributed by atoms with Crippen molar-refractivity contribution in [2.45, 2.75) is 38.3 Å². The minimum Gasteiger partial charge on any atom is -0.489 e. The third kappa shape index (κ3) is 3.94. The summed E-state index contributed by atoms with van der Waals surface area (Å²) in [5, 5.41) is 7.61. The van der Waals surface area contributed by atoms with Crippen LogP contribution in [0.1, 0.15) is 37.1 Å². The predicted octanol–water partition coefficient (Wildman–Crippen LogP) is 4.17. The van der Waals surface area contributed by atoms with Crippen LogP contribution in [0.2, 0.25) is 0 Å². The van der Waals surface area contributed by atoms with Crippen LogP contribution in [-0.2, 0) is 6.61 Å². The summed E-state index contributed by atoms with van der Waals surface area (Å²) < 4.78 is 11.3. The lowest BCUT2D eigenvalue weighted by Gasteiger charge is -2.25. The third-order valence-electron chi connectivity index (χ3n) is 4.78. The summed E-state index contributed by atoms with van der Waals surface area (Å²) in [6, 6.07) is 18.5. The Morgan fingerprint density at radius 2 is 1.92 bits per heavy atom. The van der Waals surface area contributed by atoms with E-state index in [-0.39, 0.29) is 0 Å². The van der Waals surface area contributed by atoms with Crippen LogP contribution in [0.4, 0.5) is 0 Å². The first-order valence-electron chi connectivity index (χ1n) is 9.12. The molecule has 4 rings (SSSR count). The number of rotatable bonds is 5. The van der Waals surface area contributed by atoms with Crippen LogP contribution in [0.25, 0.3) is 11.4 Å². The van der Waals surface area contributed by atoms with Gasteiger partial charge in [0.1, 0.15) is 12.4 Å². The number of nitrogens with zero attached hydrogens (tertiary/aromatic N) is 2. The zero-order chi connectivity index (χ0) is 17.8. The summed E-state index contributed by atoms with van der Waals surface area (Å²) in [4.78, 5) is 4.62. The molecule has 0 unspecified atom stereocenters. The van der Waals surface area contributed by atoms with Crippen molar-refractivity contribution in [2.75, 3.05) is 6.54 Å². The second kappa shape index (κ2) is 7.70. The molecule has 1 aliphatic rings. The molecule has 134 valence electrons. The highest BCUT2D eigenvalue weighted by atomic mass is 16.5. The van der Waals surface area contributed by atoms with Crippen LogP contribution in [0.3, 0.4) is 0 Å². The lowest BCUT2D eigenvalue weighted by molar-refractivity contribution is 0.295. The normalized spacial score (nSPS) is 20.0. The predicted molar refractivity (Wildman–Crippen MR) is 99.9 cm³/mol. The van der Waals surface area contributed by atoms with E-state index in [1.807, 2.05) is 42.5 Å². The number of benzene rings is 2. The molecule has 2 atom stereocenters. The molecular weight excluding hydrogens is 326 g/mol. The van der Waals surface area contributed by atoms with Crippen LogP contribution < -0.4 is 10.1 Å². The fraction of sp³-hybridized carbons (Fsp3) is 0.333. The average Bonchev–Trinajstić information content (AvgIpc) is 3.18. The summed E-state index contributed by atoms with van der Waals surface area (Å²) >= 11 is 0. The summed E-state index contributed by atoms with van der Waals surface area (Å²) in [5.74, 6) is 2.56. The Morgan fingerprint density at radius 3 is 2.69 bits per heavy atom. The van der Waals surface area contributed by atoms with E-state index < -0.39 is 0 Å². The quantitative estimate of drug-likeness (QED) is 0.749. The van der Waals surface area contributed by atoms with Gasteiger partial charge in [-0.25, -0.2) is 0 Å². The Labute approximate surface area is 153 Å². The van der Waals surface area contributed by atoms with Gasteiger partial charge >= 0.3 is 0 Å². The average molecular weight is 349 g/mol. The van der Waals surface area contributed by atoms with Crippen LogP contribution >= 0.6 is 0 Å². The maximum absolute atomic E-state index is 5.82. The maximum atomic E-state index is 5.82. The second-order valence-electron chi connectivity index (χ2n) is 6.83. The van der Waals surface area contributed by atoms with Gasteiger partial charge in [0.15, 0.2) is 0 Å². The molecule has 1 aliphatic heterocycles. The van der Waals surface area contributed by atoms with Crippen LogP contribution in [0.5, 0.6) is 5.75 Å². The van der Waals surface area contributed by atoms with Gasteiger partial charge in [-0.1, -0.05) is 35.5 Å². The summed E-state index contributed by atoms with van der Waals surface area (Å²) in [6.07, 6.45) is 2.08. The first kappa shape index (κ1) is 16.8. The van der Waals surface area contributed by atoms with Crippen molar-refractivity contribution in [3.63, 3.8) is 0 Å². The second-order valence-corrected chi connectivity index (χ2v) is 6.83. The van der Waals surface area contributed by atoms with E-state index in [0.717, 1.165) is 42.2 Å². The van der Waals surface area contributed by atoms with Gasteiger partial charge < -0.3 is 14.6 Å². The van der Waals surface area contributed by atoms with E-state index in [0.29, 0.717) is 24.4 Å². The van der Waals surface area contributed by atoms with Gasteiger partial charge in [0.25, 0.3) is 0 Å². The molecular formula is C21H23N3O2. The molecule has 0 bridgehead atoms. The molecule has 5 heteroatoms. The topological polar surface area (TPSA) is 60.2 Å². The number of aromatic nitrogens is 2. The van der Waals surface area contributed by atoms with Gasteiger partial charge in [0.2, 0.25) is 11.7 Å². The standard InChI is InChI=1S/C21H23N3O2/c1-15-13-18(11-12-22-15)21-23-20(24-26-21)17-7-9-19(10-8-17)25-14-16-5-3-2-4-6-16/h2-10,15,18,22H,11-14H2,1H3/t15-,18-/m0/s1. The summed E-state index contributed by atoms with van der Waals surface area (Å²) in [6.45, 7) is 3.75. The van der Waals surface area contributed by atoms with Crippen molar-refractivity contribution < 1.29 is 9.26 Å². The first-order valence-corrected chi connectivity index (χ1v) is 9.12. The minimum atomic E-state index is 0.348. The molecule has 0 radical (unpaired) electrons. The van der Waals surface area contributed by atoms with Crippen molar-refractivity contribution in [3.8, 4) is 17.1 Å². The van der Waals surface area contributed by atoms with Crippen LogP contribution in [0.15, 0.2) is 59.1 Å². The first-order chi connectivity index (χ1) is 12.8. The van der Waals surface area contributed by atoms with Gasteiger partial charge in [-0.2, -0.15) is 4.98 Å². The molecule has 2 aromatic carbocycles. The minimum absolute atomic E-state index is 0.348. The molecule has 1 aromatic heterocycles. The molecule has 26 heavy (non-hydrogen) atoms. The molecule has 0 saturated carbocycles. The molecule has 1 saturated heterocycles. The third-order valence-corrected chi connectivity index (χ3v) is 4.78. The number of ether oxygens (including phenoxy) is 1. The number of hydrogen-bond acceptors (Lipinski definition) is 5. The summed E-state index contributed by atoms with van der Waals surface area (Å²) in [7, 11) is 0. The van der Waals surface area contributed by atoms with Crippen LogP contribution in [-0.4, -0.2) is 22.7 Å². The van der Waals surface area contributed by atoms with Gasteiger partial charge in [0.05, 0.1) is 0 Å². The smallest absolute Gasteiger partial charge is 0.230 e. The number of hydrogen-bond donors (Lipinski definition) is 1. The van der Waals surface area contributed by atoms with Gasteiger partial charge in [-0.3, -0.25) is 0 Å². The highest BCUT2D eigenvalue weighted by Gasteiger charge is 2.25. The molecule has 5 nitrogen and oxygen atoms in total. The Balaban J connectivity index is 1.40. The largest absolute Gasteiger partial charge is 0.489 e. The van der Waals surface area contributed by atoms with Crippen molar-refractivity contribution in [3.05, 3.63) is 66.1 Å². The summed E-state index contributed by atoms with van der Waals surface area (Å²) in [5.41, 5.74) is 2.09. The lowest BCUT2D eigenvalue weighted by atomic mass is 9.93. The number of nitrogens with one attached hydrogen (secondary N) is 1. The zero-order valence-corrected chi connectivity index (χ0v) is 14.9. The van der Waals surface area contributed by atoms with E-state index >= 15 is 0 Å². The van der Waals surface area contributed by atoms with E-state index in [1.54, 1.807) is 0 Å². The molecule has 1 fully saturated rings. The highest BCUT2D eigenvalue weighted by Crippen LogP contribution is 2.28. The molecule has 1 N–H and O–H groups in total. The van der Waals surface area contributed by atoms with Gasteiger partial charge in [0, 0.05) is 17.5 Å².